The fourth-order valence-electron chi connectivity index (χ4n) is 3.29. The average molecular weight is 254 g/mol. The van der Waals surface area contributed by atoms with E-state index in [2.05, 4.69) is 38.3 Å². The molecule has 1 saturated heterocycles. The van der Waals surface area contributed by atoms with Gasteiger partial charge in [-0.3, -0.25) is 0 Å². The van der Waals surface area contributed by atoms with Gasteiger partial charge in [-0.15, -0.1) is 0 Å². The Kier molecular flexibility index (Phi) is 4.35. The fraction of sp³-hybridized carbons (Fsp3) is 1.00. The summed E-state index contributed by atoms with van der Waals surface area (Å²) in [6.07, 6.45) is 4.21. The van der Waals surface area contributed by atoms with Gasteiger partial charge < -0.3 is 15.4 Å². The van der Waals surface area contributed by atoms with Crippen LogP contribution >= 0.6 is 0 Å². The van der Waals surface area contributed by atoms with E-state index in [1.807, 2.05) is 0 Å². The lowest BCUT2D eigenvalue weighted by Gasteiger charge is -2.53. The second-order valence-electron chi connectivity index (χ2n) is 7.00. The van der Waals surface area contributed by atoms with Crippen LogP contribution in [0.25, 0.3) is 0 Å². The van der Waals surface area contributed by atoms with Crippen LogP contribution in [0.4, 0.5) is 0 Å². The van der Waals surface area contributed by atoms with E-state index in [0.717, 1.165) is 13.2 Å². The number of hydrogen-bond donors (Lipinski definition) is 2. The zero-order valence-electron chi connectivity index (χ0n) is 12.5. The molecule has 2 fully saturated rings. The van der Waals surface area contributed by atoms with Gasteiger partial charge in [0.25, 0.3) is 0 Å². The number of nitrogens with one attached hydrogen (secondary N) is 2. The summed E-state index contributed by atoms with van der Waals surface area (Å²) in [6, 6.07) is 0.626. The van der Waals surface area contributed by atoms with Crippen LogP contribution in [0.3, 0.4) is 0 Å². The van der Waals surface area contributed by atoms with Gasteiger partial charge in [0, 0.05) is 24.6 Å². The standard InChI is InChI=1S/C15H30N2O/c1-5-18-13-10-12(14(13,2)3)17-11-15(4)6-8-16-9-7-15/h12-13,16-17H,5-11H2,1-4H3. The highest BCUT2D eigenvalue weighted by Gasteiger charge is 2.49. The molecule has 0 aromatic rings. The van der Waals surface area contributed by atoms with Crippen molar-refractivity contribution in [2.45, 2.75) is 59.1 Å². The first kappa shape index (κ1) is 14.3. The van der Waals surface area contributed by atoms with Crippen LogP contribution in [0, 0.1) is 10.8 Å². The molecular weight excluding hydrogens is 224 g/mol. The van der Waals surface area contributed by atoms with Crippen LogP contribution in [-0.2, 0) is 4.74 Å². The smallest absolute Gasteiger partial charge is 0.0655 e. The van der Waals surface area contributed by atoms with Crippen molar-refractivity contribution in [3.63, 3.8) is 0 Å². The molecule has 0 aromatic heterocycles. The highest BCUT2D eigenvalue weighted by Crippen LogP contribution is 2.43. The predicted molar refractivity (Wildman–Crippen MR) is 75.8 cm³/mol. The third kappa shape index (κ3) is 2.89. The molecule has 1 heterocycles. The Bertz CT molecular complexity index is 272. The Morgan fingerprint density at radius 3 is 2.44 bits per heavy atom. The van der Waals surface area contributed by atoms with Crippen molar-refractivity contribution in [2.75, 3.05) is 26.2 Å². The fourth-order valence-corrected chi connectivity index (χ4v) is 3.29. The van der Waals surface area contributed by atoms with E-state index in [1.165, 1.54) is 32.4 Å². The molecule has 3 nitrogen and oxygen atoms in total. The van der Waals surface area contributed by atoms with Crippen molar-refractivity contribution in [3.05, 3.63) is 0 Å². The molecule has 2 aliphatic rings. The van der Waals surface area contributed by atoms with Gasteiger partial charge in [-0.1, -0.05) is 20.8 Å². The highest BCUT2D eigenvalue weighted by atomic mass is 16.5. The molecule has 2 atom stereocenters. The molecular formula is C15H30N2O. The largest absolute Gasteiger partial charge is 0.378 e. The summed E-state index contributed by atoms with van der Waals surface area (Å²) < 4.78 is 5.79. The maximum Gasteiger partial charge on any atom is 0.0655 e. The van der Waals surface area contributed by atoms with Crippen LogP contribution in [0.2, 0.25) is 0 Å². The molecule has 0 aromatic carbocycles. The summed E-state index contributed by atoms with van der Waals surface area (Å²) in [4.78, 5) is 0. The Labute approximate surface area is 112 Å². The molecule has 0 radical (unpaired) electrons. The van der Waals surface area contributed by atoms with Gasteiger partial charge in [-0.2, -0.15) is 0 Å². The normalized spacial score (nSPS) is 34.0. The average Bonchev–Trinajstić information content (AvgIpc) is 2.33. The summed E-state index contributed by atoms with van der Waals surface area (Å²) in [6.45, 7) is 13.5. The Morgan fingerprint density at radius 2 is 1.89 bits per heavy atom. The number of hydrogen-bond acceptors (Lipinski definition) is 3. The van der Waals surface area contributed by atoms with Crippen molar-refractivity contribution < 1.29 is 4.74 Å². The van der Waals surface area contributed by atoms with Crippen LogP contribution < -0.4 is 10.6 Å². The molecule has 1 aliphatic carbocycles. The lowest BCUT2D eigenvalue weighted by molar-refractivity contribution is -0.115. The van der Waals surface area contributed by atoms with Gasteiger partial charge >= 0.3 is 0 Å². The van der Waals surface area contributed by atoms with E-state index in [4.69, 9.17) is 4.74 Å². The highest BCUT2D eigenvalue weighted by molar-refractivity contribution is 5.03. The van der Waals surface area contributed by atoms with Crippen LogP contribution in [0.5, 0.6) is 0 Å². The molecule has 0 spiro atoms. The van der Waals surface area contributed by atoms with Crippen LogP contribution in [-0.4, -0.2) is 38.4 Å². The lowest BCUT2D eigenvalue weighted by atomic mass is 9.64. The zero-order valence-corrected chi connectivity index (χ0v) is 12.5. The molecule has 0 amide bonds. The van der Waals surface area contributed by atoms with Crippen LogP contribution in [0.15, 0.2) is 0 Å². The van der Waals surface area contributed by atoms with E-state index in [0.29, 0.717) is 23.0 Å². The van der Waals surface area contributed by atoms with Gasteiger partial charge in [-0.05, 0) is 44.7 Å². The molecule has 106 valence electrons. The van der Waals surface area contributed by atoms with E-state index < -0.39 is 0 Å². The van der Waals surface area contributed by atoms with E-state index in [9.17, 15) is 0 Å². The second-order valence-corrected chi connectivity index (χ2v) is 7.00. The SMILES string of the molecule is CCOC1CC(NCC2(C)CCNCC2)C1(C)C. The lowest BCUT2D eigenvalue weighted by Crippen LogP contribution is -2.62. The minimum Gasteiger partial charge on any atom is -0.378 e. The van der Waals surface area contributed by atoms with Gasteiger partial charge in [-0.25, -0.2) is 0 Å². The maximum absolute atomic E-state index is 5.79. The summed E-state index contributed by atoms with van der Waals surface area (Å²) in [5.74, 6) is 0. The molecule has 1 aliphatic heterocycles. The molecule has 0 bridgehead atoms. The molecule has 2 rings (SSSR count). The zero-order chi connectivity index (χ0) is 13.2. The Morgan fingerprint density at radius 1 is 1.22 bits per heavy atom. The van der Waals surface area contributed by atoms with E-state index in [-0.39, 0.29) is 0 Å². The van der Waals surface area contributed by atoms with E-state index in [1.54, 1.807) is 0 Å². The molecule has 18 heavy (non-hydrogen) atoms. The van der Waals surface area contributed by atoms with E-state index >= 15 is 0 Å². The van der Waals surface area contributed by atoms with Gasteiger partial charge in [0.2, 0.25) is 0 Å². The minimum absolute atomic E-state index is 0.291. The summed E-state index contributed by atoms with van der Waals surface area (Å²) >= 11 is 0. The summed E-state index contributed by atoms with van der Waals surface area (Å²) in [5.41, 5.74) is 0.775. The van der Waals surface area contributed by atoms with Crippen molar-refractivity contribution in [2.24, 2.45) is 10.8 Å². The van der Waals surface area contributed by atoms with Gasteiger partial charge in [0.15, 0.2) is 0 Å². The van der Waals surface area contributed by atoms with Crippen molar-refractivity contribution in [1.82, 2.24) is 10.6 Å². The molecule has 1 saturated carbocycles. The number of piperidine rings is 1. The van der Waals surface area contributed by atoms with Crippen molar-refractivity contribution in [3.8, 4) is 0 Å². The third-order valence-corrected chi connectivity index (χ3v) is 5.13. The quantitative estimate of drug-likeness (QED) is 0.789. The predicted octanol–water partition coefficient (Wildman–Crippen LogP) is 2.17. The molecule has 2 unspecified atom stereocenters. The van der Waals surface area contributed by atoms with Crippen molar-refractivity contribution in [1.29, 1.82) is 0 Å². The molecule has 3 heteroatoms. The monoisotopic (exact) mass is 254 g/mol. The Hall–Kier alpha value is -0.120. The first-order valence-electron chi connectivity index (χ1n) is 7.54. The number of rotatable bonds is 5. The van der Waals surface area contributed by atoms with Crippen molar-refractivity contribution >= 4 is 0 Å². The second kappa shape index (κ2) is 5.48. The summed E-state index contributed by atoms with van der Waals surface area (Å²) in [5, 5.41) is 7.25. The minimum atomic E-state index is 0.291. The third-order valence-electron chi connectivity index (χ3n) is 5.13. The topological polar surface area (TPSA) is 33.3 Å². The first-order valence-corrected chi connectivity index (χ1v) is 7.54. The molecule has 2 N–H and O–H groups in total. The van der Waals surface area contributed by atoms with Crippen LogP contribution in [0.1, 0.15) is 47.0 Å². The number of ether oxygens (including phenoxy) is 1. The first-order chi connectivity index (χ1) is 8.48. The van der Waals surface area contributed by atoms with Gasteiger partial charge in [0.1, 0.15) is 0 Å². The summed E-state index contributed by atoms with van der Waals surface area (Å²) in [7, 11) is 0. The Balaban J connectivity index is 1.78. The maximum atomic E-state index is 5.79. The van der Waals surface area contributed by atoms with Gasteiger partial charge in [0.05, 0.1) is 6.10 Å².